The van der Waals surface area contributed by atoms with Crippen molar-refractivity contribution >= 4 is 15.8 Å². The zero-order valence-corrected chi connectivity index (χ0v) is 31.5. The van der Waals surface area contributed by atoms with Crippen LogP contribution >= 0.6 is 0 Å². The summed E-state index contributed by atoms with van der Waals surface area (Å²) in [5.74, 6) is 1.31. The monoisotopic (exact) mass is 741 g/mol. The highest BCUT2D eigenvalue weighted by Gasteiger charge is 2.74. The Balaban J connectivity index is 1.11. The van der Waals surface area contributed by atoms with Gasteiger partial charge < -0.3 is 10.2 Å². The van der Waals surface area contributed by atoms with E-state index in [-0.39, 0.29) is 34.8 Å². The van der Waals surface area contributed by atoms with Gasteiger partial charge >= 0.3 is 6.18 Å². The molecule has 8 atom stereocenters. The molecule has 11 rings (SSSR count). The number of fused-ring (bicyclic) bond motifs is 1. The zero-order chi connectivity index (χ0) is 36.9. The molecule has 2 spiro atoms. The van der Waals surface area contributed by atoms with Gasteiger partial charge in [0, 0.05) is 40.5 Å². The summed E-state index contributed by atoms with van der Waals surface area (Å²) in [7, 11) is -3.66. The zero-order valence-electron chi connectivity index (χ0n) is 30.7. The van der Waals surface area contributed by atoms with Gasteiger partial charge in [-0.2, -0.15) is 17.5 Å². The van der Waals surface area contributed by atoms with Gasteiger partial charge in [0.25, 0.3) is 0 Å². The third-order valence-electron chi connectivity index (χ3n) is 17.0. The lowest BCUT2D eigenvalue weighted by molar-refractivity contribution is -0.175. The molecule has 10 heteroatoms. The van der Waals surface area contributed by atoms with E-state index in [1.165, 1.54) is 37.7 Å². The number of benzene rings is 1. The molecule has 0 saturated heterocycles. The van der Waals surface area contributed by atoms with Crippen LogP contribution in [0.25, 0.3) is 0 Å². The molecular weight excluding hydrogens is 688 g/mol. The molecule has 52 heavy (non-hydrogen) atoms. The molecule has 0 aromatic heterocycles. The summed E-state index contributed by atoms with van der Waals surface area (Å²) < 4.78 is 70.7. The fourth-order valence-electron chi connectivity index (χ4n) is 15.0. The number of rotatable bonds is 7. The number of sulfonamides is 1. The van der Waals surface area contributed by atoms with Crippen LogP contribution in [0.2, 0.25) is 0 Å². The Labute approximate surface area is 306 Å². The van der Waals surface area contributed by atoms with Crippen LogP contribution in [0.4, 0.5) is 13.2 Å². The Morgan fingerprint density at radius 2 is 1.50 bits per heavy atom. The number of alkyl halides is 3. The van der Waals surface area contributed by atoms with E-state index in [1.807, 2.05) is 6.08 Å². The number of aliphatic hydroxyl groups is 2. The van der Waals surface area contributed by atoms with Gasteiger partial charge in [-0.3, -0.25) is 4.79 Å². The van der Waals surface area contributed by atoms with Crippen LogP contribution < -0.4 is 0 Å². The number of carbonyl (C=O) groups is 1. The number of allylic oxidation sites excluding steroid dienone is 4. The fraction of sp³-hybridized carbons (Fsp3) is 0.738. The molecule has 1 aromatic rings. The number of carbonyl (C=O) groups excluding carboxylic acids is 1. The van der Waals surface area contributed by atoms with Gasteiger partial charge in [0.15, 0.2) is 5.78 Å². The maximum atomic E-state index is 14.8. The van der Waals surface area contributed by atoms with Gasteiger partial charge in [-0.25, -0.2) is 8.42 Å². The summed E-state index contributed by atoms with van der Waals surface area (Å²) in [6, 6.07) is 4.69. The Morgan fingerprint density at radius 3 is 2.13 bits per heavy atom. The number of hydrogen-bond donors (Lipinski definition) is 2. The summed E-state index contributed by atoms with van der Waals surface area (Å²) >= 11 is 0. The van der Waals surface area contributed by atoms with Crippen LogP contribution in [-0.4, -0.2) is 59.8 Å². The first-order valence-corrected chi connectivity index (χ1v) is 21.6. The molecule has 2 N–H and O–H groups in total. The van der Waals surface area contributed by atoms with Crippen molar-refractivity contribution in [1.29, 1.82) is 0 Å². The predicted octanol–water partition coefficient (Wildman–Crippen LogP) is 7.96. The van der Waals surface area contributed by atoms with Crippen LogP contribution in [0.5, 0.6) is 0 Å². The Hall–Kier alpha value is -2.01. The molecule has 0 aliphatic heterocycles. The van der Waals surface area contributed by atoms with Crippen LogP contribution in [0, 0.1) is 56.7 Å². The van der Waals surface area contributed by atoms with Crippen molar-refractivity contribution in [3.8, 4) is 0 Å². The SMILES string of the molecule is C[C@]12CC[C@H]3[C@]4(C=C[C@@]5(C=C4C(=O)c4cccc(C(F)(F)F)c4)CC(O)CC[C@]35C)[C@@H]1CC[C@@]2(O)CN(CC12CC3CC(CC(C3)C1)C2)S(C)(=O)=O. The second kappa shape index (κ2) is 11.1. The van der Waals surface area contributed by atoms with E-state index in [1.54, 1.807) is 4.31 Å². The minimum Gasteiger partial charge on any atom is -0.393 e. The third-order valence-corrected chi connectivity index (χ3v) is 18.2. The Bertz CT molecular complexity index is 1840. The van der Waals surface area contributed by atoms with E-state index in [0.29, 0.717) is 68.4 Å². The van der Waals surface area contributed by atoms with Crippen LogP contribution in [0.3, 0.4) is 0 Å². The molecule has 7 fully saturated rings. The topological polar surface area (TPSA) is 94.9 Å². The van der Waals surface area contributed by atoms with E-state index >= 15 is 0 Å². The first kappa shape index (κ1) is 35.7. The predicted molar refractivity (Wildman–Crippen MR) is 191 cm³/mol. The van der Waals surface area contributed by atoms with Crippen molar-refractivity contribution in [2.24, 2.45) is 56.7 Å². The molecular formula is C42H54F3NO5S. The maximum Gasteiger partial charge on any atom is 0.416 e. The summed E-state index contributed by atoms with van der Waals surface area (Å²) in [5.41, 5.74) is -4.31. The maximum absolute atomic E-state index is 14.8. The van der Waals surface area contributed by atoms with Crippen molar-refractivity contribution < 1.29 is 36.6 Å². The van der Waals surface area contributed by atoms with Gasteiger partial charge in [-0.15, -0.1) is 0 Å². The molecule has 6 bridgehead atoms. The number of aliphatic hydroxyl groups excluding tert-OH is 1. The second-order valence-electron chi connectivity index (χ2n) is 19.7. The van der Waals surface area contributed by atoms with E-state index < -0.39 is 55.5 Å². The normalized spacial score (nSPS) is 47.3. The van der Waals surface area contributed by atoms with E-state index in [9.17, 15) is 36.6 Å². The highest BCUT2D eigenvalue weighted by Crippen LogP contribution is 2.78. The minimum atomic E-state index is -4.60. The lowest BCUT2D eigenvalue weighted by atomic mass is 9.32. The molecule has 10 aliphatic carbocycles. The lowest BCUT2D eigenvalue weighted by Gasteiger charge is -2.71. The number of nitrogens with zero attached hydrogens (tertiary/aromatic N) is 1. The summed E-state index contributed by atoms with van der Waals surface area (Å²) in [5, 5.41) is 24.0. The minimum absolute atomic E-state index is 0.0102. The van der Waals surface area contributed by atoms with E-state index in [2.05, 4.69) is 26.0 Å². The van der Waals surface area contributed by atoms with E-state index in [4.69, 9.17) is 0 Å². The van der Waals surface area contributed by atoms with Gasteiger partial charge in [0.1, 0.15) is 0 Å². The lowest BCUT2D eigenvalue weighted by Crippen LogP contribution is -2.67. The molecule has 6 nitrogen and oxygen atoms in total. The number of ketones is 1. The van der Waals surface area contributed by atoms with Crippen molar-refractivity contribution in [3.63, 3.8) is 0 Å². The first-order valence-electron chi connectivity index (χ1n) is 19.8. The average Bonchev–Trinajstić information content (AvgIpc) is 3.32. The standard InChI is InChI=1S/C42H54F3NO5S/c1-36-10-7-31(47)22-39(36)13-14-41(32(23-39)35(48)29-5-4-6-30(18-29)42(43,44)45)33(36)8-11-37(2)34(41)9-12-40(37,49)25-46(52(3,50)51)24-38-19-26-15-27(20-38)17-28(16-26)21-38/h4-6,13-14,18,23,26-28,31,33-34,47,49H,7-12,15-17,19-22,24-25H2,1-3H3/t26?,27?,28?,31?,33-,34-,36-,37+,38?,39+,40-,41-/m1/s1. The molecule has 0 heterocycles. The van der Waals surface area contributed by atoms with Gasteiger partial charge in [0.05, 0.1) is 23.5 Å². The quantitative estimate of drug-likeness (QED) is 0.219. The molecule has 0 amide bonds. The number of hydrogen-bond acceptors (Lipinski definition) is 5. The molecule has 1 aromatic carbocycles. The Morgan fingerprint density at radius 1 is 0.885 bits per heavy atom. The molecule has 1 unspecified atom stereocenters. The van der Waals surface area contributed by atoms with Crippen molar-refractivity contribution in [2.75, 3.05) is 19.3 Å². The highest BCUT2D eigenvalue weighted by atomic mass is 32.2. The van der Waals surface area contributed by atoms with Crippen molar-refractivity contribution in [3.05, 3.63) is 59.2 Å². The second-order valence-corrected chi connectivity index (χ2v) is 21.6. The number of Topliss-reactive ketones (excluding diaryl/α,β-unsaturated/α-hetero) is 1. The van der Waals surface area contributed by atoms with Gasteiger partial charge in [-0.05, 0) is 136 Å². The highest BCUT2D eigenvalue weighted by molar-refractivity contribution is 7.88. The van der Waals surface area contributed by atoms with Gasteiger partial charge in [-0.1, -0.05) is 44.2 Å². The van der Waals surface area contributed by atoms with Crippen molar-refractivity contribution in [2.45, 2.75) is 115 Å². The Kier molecular flexibility index (Phi) is 7.59. The smallest absolute Gasteiger partial charge is 0.393 e. The molecule has 0 radical (unpaired) electrons. The van der Waals surface area contributed by atoms with Gasteiger partial charge in [0.2, 0.25) is 10.0 Å². The summed E-state index contributed by atoms with van der Waals surface area (Å²) in [6.45, 7) is 4.81. The third kappa shape index (κ3) is 4.84. The summed E-state index contributed by atoms with van der Waals surface area (Å²) in [4.78, 5) is 14.8. The summed E-state index contributed by atoms with van der Waals surface area (Å²) in [6.07, 6.45) is 13.5. The number of halogens is 3. The van der Waals surface area contributed by atoms with E-state index in [0.717, 1.165) is 37.8 Å². The first-order chi connectivity index (χ1) is 24.2. The fourth-order valence-corrected chi connectivity index (χ4v) is 16.0. The van der Waals surface area contributed by atoms with Crippen LogP contribution in [0.1, 0.15) is 113 Å². The molecule has 284 valence electrons. The average molecular weight is 742 g/mol. The molecule has 7 saturated carbocycles. The van der Waals surface area contributed by atoms with Crippen LogP contribution in [-0.2, 0) is 16.2 Å². The van der Waals surface area contributed by atoms with Crippen LogP contribution in [0.15, 0.2) is 48.1 Å². The van der Waals surface area contributed by atoms with Crippen molar-refractivity contribution in [1.82, 2.24) is 4.31 Å². The molecule has 10 aliphatic rings. The largest absolute Gasteiger partial charge is 0.416 e.